The van der Waals surface area contributed by atoms with Crippen LogP contribution in [0.5, 0.6) is 5.75 Å². The summed E-state index contributed by atoms with van der Waals surface area (Å²) in [5, 5.41) is 13.3. The summed E-state index contributed by atoms with van der Waals surface area (Å²) < 4.78 is 0. The van der Waals surface area contributed by atoms with E-state index in [-0.39, 0.29) is 17.1 Å². The van der Waals surface area contributed by atoms with Crippen molar-refractivity contribution in [3.05, 3.63) is 46.7 Å². The zero-order valence-corrected chi connectivity index (χ0v) is 13.2. The van der Waals surface area contributed by atoms with Crippen LogP contribution in [0.1, 0.15) is 25.3 Å². The highest BCUT2D eigenvalue weighted by atomic mass is 16.3. The lowest BCUT2D eigenvalue weighted by Gasteiger charge is -2.48. The number of aromatic hydroxyl groups is 1. The molecule has 2 N–H and O–H groups in total. The van der Waals surface area contributed by atoms with E-state index >= 15 is 0 Å². The van der Waals surface area contributed by atoms with Crippen molar-refractivity contribution in [3.63, 3.8) is 0 Å². The predicted molar refractivity (Wildman–Crippen MR) is 88.3 cm³/mol. The van der Waals surface area contributed by atoms with Gasteiger partial charge in [-0.3, -0.25) is 9.69 Å². The van der Waals surface area contributed by atoms with Crippen molar-refractivity contribution >= 4 is 12.0 Å². The molecule has 2 fully saturated rings. The van der Waals surface area contributed by atoms with Crippen LogP contribution in [-0.4, -0.2) is 35.4 Å². The monoisotopic (exact) mass is 308 g/mol. The maximum atomic E-state index is 12.0. The summed E-state index contributed by atoms with van der Waals surface area (Å²) in [7, 11) is 0. The summed E-state index contributed by atoms with van der Waals surface area (Å²) >= 11 is 0. The molecule has 118 valence electrons. The standard InChI is InChI=1S/C19H20N2O2/c1-2-11-9-21-6-5-19-15-4-3-12(23)7-16(15)20-18(19)14(10-22)13(11)8-17(19)21/h2-4,7,10,13,17,20,23H,5-6,8-9H2,1H3/t13-,17-,19+/m1/s1. The van der Waals surface area contributed by atoms with Gasteiger partial charge in [-0.1, -0.05) is 17.7 Å². The molecular weight excluding hydrogens is 288 g/mol. The molecule has 23 heavy (non-hydrogen) atoms. The Morgan fingerprint density at radius 1 is 1.43 bits per heavy atom. The molecule has 3 heterocycles. The van der Waals surface area contributed by atoms with E-state index in [4.69, 9.17) is 0 Å². The second-order valence-corrected chi connectivity index (χ2v) is 7.16. The molecule has 2 saturated heterocycles. The largest absolute Gasteiger partial charge is 0.508 e. The van der Waals surface area contributed by atoms with Crippen molar-refractivity contribution in [1.82, 2.24) is 4.90 Å². The maximum absolute atomic E-state index is 12.0. The SMILES string of the molecule is CC=C1CN2CC[C@@]34C(=C(C=O)[C@@H]1C[C@@H]23)Nc1cc(O)ccc14. The third-order valence-corrected chi connectivity index (χ3v) is 6.45. The Labute approximate surface area is 135 Å². The van der Waals surface area contributed by atoms with E-state index in [1.807, 2.05) is 6.07 Å². The number of nitrogens with zero attached hydrogens (tertiary/aromatic N) is 1. The van der Waals surface area contributed by atoms with E-state index in [0.717, 1.165) is 49.2 Å². The van der Waals surface area contributed by atoms with Crippen LogP contribution in [0, 0.1) is 5.92 Å². The number of carbonyl (C=O) groups excluding carboxylic acids is 1. The van der Waals surface area contributed by atoms with Gasteiger partial charge in [-0.15, -0.1) is 0 Å². The van der Waals surface area contributed by atoms with Crippen LogP contribution in [0.4, 0.5) is 5.69 Å². The van der Waals surface area contributed by atoms with E-state index in [0.29, 0.717) is 6.04 Å². The first-order valence-electron chi connectivity index (χ1n) is 8.38. The van der Waals surface area contributed by atoms with Crippen LogP contribution < -0.4 is 5.32 Å². The molecule has 0 amide bonds. The summed E-state index contributed by atoms with van der Waals surface area (Å²) in [5.41, 5.74) is 5.51. The zero-order chi connectivity index (χ0) is 15.8. The Hall–Kier alpha value is -2.07. The highest BCUT2D eigenvalue weighted by Crippen LogP contribution is 2.61. The molecule has 2 bridgehead atoms. The van der Waals surface area contributed by atoms with E-state index in [9.17, 15) is 9.90 Å². The number of carbonyl (C=O) groups is 1. The Morgan fingerprint density at radius 3 is 3.09 bits per heavy atom. The number of hydrogen-bond acceptors (Lipinski definition) is 4. The van der Waals surface area contributed by atoms with Crippen molar-refractivity contribution in [2.24, 2.45) is 5.92 Å². The lowest BCUT2D eigenvalue weighted by Crippen LogP contribution is -2.52. The van der Waals surface area contributed by atoms with Gasteiger partial charge in [0.1, 0.15) is 12.0 Å². The number of nitrogens with one attached hydrogen (secondary N) is 1. The lowest BCUT2D eigenvalue weighted by atomic mass is 9.62. The van der Waals surface area contributed by atoms with Crippen LogP contribution in [0.3, 0.4) is 0 Å². The van der Waals surface area contributed by atoms with Crippen LogP contribution in [0.15, 0.2) is 41.1 Å². The van der Waals surface area contributed by atoms with Crippen LogP contribution in [0.2, 0.25) is 0 Å². The van der Waals surface area contributed by atoms with Crippen molar-refractivity contribution in [2.45, 2.75) is 31.2 Å². The van der Waals surface area contributed by atoms with Crippen LogP contribution >= 0.6 is 0 Å². The molecule has 1 aromatic rings. The lowest BCUT2D eigenvalue weighted by molar-refractivity contribution is -0.105. The highest BCUT2D eigenvalue weighted by molar-refractivity contribution is 5.85. The van der Waals surface area contributed by atoms with E-state index in [2.05, 4.69) is 23.2 Å². The van der Waals surface area contributed by atoms with Crippen molar-refractivity contribution < 1.29 is 9.90 Å². The van der Waals surface area contributed by atoms with Gasteiger partial charge in [0, 0.05) is 48.1 Å². The molecule has 1 aromatic carbocycles. The second-order valence-electron chi connectivity index (χ2n) is 7.16. The molecule has 1 spiro atoms. The van der Waals surface area contributed by atoms with Gasteiger partial charge >= 0.3 is 0 Å². The number of rotatable bonds is 1. The Balaban J connectivity index is 1.81. The molecule has 0 radical (unpaired) electrons. The molecule has 0 unspecified atom stereocenters. The number of phenols is 1. The molecule has 4 aliphatic rings. The van der Waals surface area contributed by atoms with Crippen molar-refractivity contribution in [1.29, 1.82) is 0 Å². The van der Waals surface area contributed by atoms with E-state index < -0.39 is 0 Å². The van der Waals surface area contributed by atoms with Gasteiger partial charge in [-0.2, -0.15) is 0 Å². The first-order valence-corrected chi connectivity index (χ1v) is 8.38. The number of anilines is 1. The number of hydrogen-bond donors (Lipinski definition) is 2. The summed E-state index contributed by atoms with van der Waals surface area (Å²) in [6.07, 6.45) is 5.32. The van der Waals surface area contributed by atoms with Gasteiger partial charge in [0.25, 0.3) is 0 Å². The first kappa shape index (κ1) is 13.4. The fraction of sp³-hybridized carbons (Fsp3) is 0.421. The van der Waals surface area contributed by atoms with Gasteiger partial charge in [0.2, 0.25) is 0 Å². The quantitative estimate of drug-likeness (QED) is 0.618. The molecule has 4 nitrogen and oxygen atoms in total. The third kappa shape index (κ3) is 1.43. The van der Waals surface area contributed by atoms with Gasteiger partial charge in [0.05, 0.1) is 5.41 Å². The Kier molecular flexibility index (Phi) is 2.48. The summed E-state index contributed by atoms with van der Waals surface area (Å²) in [6, 6.07) is 6.06. The van der Waals surface area contributed by atoms with Gasteiger partial charge in [-0.25, -0.2) is 0 Å². The minimum Gasteiger partial charge on any atom is -0.508 e. The molecule has 3 atom stereocenters. The maximum Gasteiger partial charge on any atom is 0.148 e. The summed E-state index contributed by atoms with van der Waals surface area (Å²) in [4.78, 5) is 14.5. The minimum atomic E-state index is -0.0882. The van der Waals surface area contributed by atoms with Gasteiger partial charge < -0.3 is 10.4 Å². The molecule has 4 heteroatoms. The number of benzene rings is 1. The van der Waals surface area contributed by atoms with Gasteiger partial charge in [-0.05, 0) is 31.4 Å². The van der Waals surface area contributed by atoms with E-state index in [1.165, 1.54) is 11.1 Å². The minimum absolute atomic E-state index is 0.0882. The molecule has 0 saturated carbocycles. The van der Waals surface area contributed by atoms with Crippen molar-refractivity contribution in [2.75, 3.05) is 18.4 Å². The number of piperidine rings is 1. The second kappa shape index (κ2) is 4.26. The smallest absolute Gasteiger partial charge is 0.148 e. The van der Waals surface area contributed by atoms with Crippen LogP contribution in [0.25, 0.3) is 0 Å². The molecule has 5 rings (SSSR count). The number of allylic oxidation sites excluding steroid dienone is 2. The molecule has 3 aliphatic heterocycles. The van der Waals surface area contributed by atoms with Gasteiger partial charge in [0.15, 0.2) is 0 Å². The van der Waals surface area contributed by atoms with E-state index in [1.54, 1.807) is 12.1 Å². The van der Waals surface area contributed by atoms with Crippen LogP contribution in [-0.2, 0) is 10.2 Å². The summed E-state index contributed by atoms with van der Waals surface area (Å²) in [6.45, 7) is 4.12. The Bertz CT molecular complexity index is 795. The highest BCUT2D eigenvalue weighted by Gasteiger charge is 2.61. The predicted octanol–water partition coefficient (Wildman–Crippen LogP) is 2.56. The Morgan fingerprint density at radius 2 is 2.30 bits per heavy atom. The fourth-order valence-electron chi connectivity index (χ4n) is 5.49. The molecular formula is C19H20N2O2. The number of aldehydes is 1. The molecule has 0 aromatic heterocycles. The average Bonchev–Trinajstić information content (AvgIpc) is 3.10. The summed E-state index contributed by atoms with van der Waals surface area (Å²) in [5.74, 6) is 0.516. The number of phenolic OH excluding ortho intramolecular Hbond substituents is 1. The van der Waals surface area contributed by atoms with Crippen molar-refractivity contribution in [3.8, 4) is 5.75 Å². The fourth-order valence-corrected chi connectivity index (χ4v) is 5.49. The number of fused-ring (bicyclic) bond motifs is 2. The normalized spacial score (nSPS) is 36.0. The molecule has 1 aliphatic carbocycles. The first-order chi connectivity index (χ1) is 11.2. The average molecular weight is 308 g/mol. The third-order valence-electron chi connectivity index (χ3n) is 6.45. The topological polar surface area (TPSA) is 52.6 Å². The zero-order valence-electron chi connectivity index (χ0n) is 13.2.